The minimum atomic E-state index is 0.571. The van der Waals surface area contributed by atoms with Gasteiger partial charge in [-0.1, -0.05) is 35.9 Å². The largest absolute Gasteiger partial charge is 0.309 e. The highest BCUT2D eigenvalue weighted by Gasteiger charge is 1.94. The van der Waals surface area contributed by atoms with Crippen molar-refractivity contribution >= 4 is 23.2 Å². The smallest absolute Gasteiger partial charge is 0.0474 e. The number of hydrogen-bond acceptors (Lipinski definition) is 1. The van der Waals surface area contributed by atoms with Gasteiger partial charge in [-0.05, 0) is 23.6 Å². The summed E-state index contributed by atoms with van der Waals surface area (Å²) in [5.41, 5.74) is 5.14. The van der Waals surface area contributed by atoms with Crippen molar-refractivity contribution in [2.24, 2.45) is 0 Å². The Morgan fingerprint density at radius 1 is 1.27 bits per heavy atom. The molecule has 1 aromatic carbocycles. The van der Waals surface area contributed by atoms with Crippen molar-refractivity contribution in [3.8, 4) is 0 Å². The minimum Gasteiger partial charge on any atom is -0.309 e. The standard InChI is InChI=1S/C12H15Cl2N/c1-10(6-13)8-15-9-12-4-2-11(7-14)3-5-12/h2-6,15H,7-9H2,1H3/b10-6-. The van der Waals surface area contributed by atoms with Crippen LogP contribution in [-0.4, -0.2) is 6.54 Å². The summed E-state index contributed by atoms with van der Waals surface area (Å²) in [6, 6.07) is 8.28. The Hall–Kier alpha value is -0.500. The molecule has 0 saturated carbocycles. The average Bonchev–Trinajstić information content (AvgIpc) is 2.29. The van der Waals surface area contributed by atoms with Gasteiger partial charge in [-0.2, -0.15) is 0 Å². The first kappa shape index (κ1) is 12.6. The van der Waals surface area contributed by atoms with Crippen LogP contribution in [0.5, 0.6) is 0 Å². The van der Waals surface area contributed by atoms with Crippen molar-refractivity contribution in [2.75, 3.05) is 6.54 Å². The molecule has 1 nitrogen and oxygen atoms in total. The maximum absolute atomic E-state index is 5.71. The lowest BCUT2D eigenvalue weighted by atomic mass is 10.1. The number of benzene rings is 1. The molecule has 1 rings (SSSR count). The molecule has 0 aliphatic heterocycles. The van der Waals surface area contributed by atoms with Crippen molar-refractivity contribution in [1.82, 2.24) is 5.32 Å². The van der Waals surface area contributed by atoms with E-state index < -0.39 is 0 Å². The lowest BCUT2D eigenvalue weighted by Gasteiger charge is -2.05. The third-order valence-corrected chi connectivity index (χ3v) is 2.78. The Kier molecular flexibility index (Phi) is 5.77. The van der Waals surface area contributed by atoms with Crippen LogP contribution in [0.25, 0.3) is 0 Å². The highest BCUT2D eigenvalue weighted by atomic mass is 35.5. The fourth-order valence-corrected chi connectivity index (χ4v) is 1.44. The Balaban J connectivity index is 2.38. The maximum atomic E-state index is 5.71. The van der Waals surface area contributed by atoms with Crippen molar-refractivity contribution in [3.63, 3.8) is 0 Å². The summed E-state index contributed by atoms with van der Waals surface area (Å²) in [6.07, 6.45) is 0. The highest BCUT2D eigenvalue weighted by molar-refractivity contribution is 6.25. The first-order valence-electron chi connectivity index (χ1n) is 4.86. The molecular formula is C12H15Cl2N. The van der Waals surface area contributed by atoms with Crippen LogP contribution in [0.3, 0.4) is 0 Å². The van der Waals surface area contributed by atoms with Gasteiger partial charge in [0, 0.05) is 24.5 Å². The predicted octanol–water partition coefficient (Wildman–Crippen LogP) is 3.66. The van der Waals surface area contributed by atoms with Gasteiger partial charge in [-0.15, -0.1) is 11.6 Å². The maximum Gasteiger partial charge on any atom is 0.0474 e. The summed E-state index contributed by atoms with van der Waals surface area (Å²) in [6.45, 7) is 3.67. The summed E-state index contributed by atoms with van der Waals surface area (Å²) < 4.78 is 0. The number of rotatable bonds is 5. The van der Waals surface area contributed by atoms with Gasteiger partial charge in [-0.25, -0.2) is 0 Å². The van der Waals surface area contributed by atoms with Crippen LogP contribution in [0.15, 0.2) is 35.4 Å². The molecule has 0 radical (unpaired) electrons. The molecule has 0 heterocycles. The molecule has 1 aromatic rings. The molecule has 0 bridgehead atoms. The summed E-state index contributed by atoms with van der Waals surface area (Å²) in [4.78, 5) is 0. The van der Waals surface area contributed by atoms with Crippen LogP contribution >= 0.6 is 23.2 Å². The lowest BCUT2D eigenvalue weighted by molar-refractivity contribution is 0.740. The molecule has 15 heavy (non-hydrogen) atoms. The molecule has 0 aromatic heterocycles. The van der Waals surface area contributed by atoms with Gasteiger partial charge in [0.1, 0.15) is 0 Å². The molecule has 1 N–H and O–H groups in total. The molecule has 0 spiro atoms. The zero-order valence-corrected chi connectivity index (χ0v) is 10.3. The zero-order chi connectivity index (χ0) is 11.1. The van der Waals surface area contributed by atoms with Crippen LogP contribution in [0.1, 0.15) is 18.1 Å². The van der Waals surface area contributed by atoms with Crippen LogP contribution in [0, 0.1) is 0 Å². The monoisotopic (exact) mass is 243 g/mol. The average molecular weight is 244 g/mol. The molecule has 0 atom stereocenters. The van der Waals surface area contributed by atoms with Crippen LogP contribution in [0.4, 0.5) is 0 Å². The van der Waals surface area contributed by atoms with E-state index in [0.29, 0.717) is 5.88 Å². The molecule has 3 heteroatoms. The van der Waals surface area contributed by atoms with Gasteiger partial charge in [0.15, 0.2) is 0 Å². The molecule has 0 saturated heterocycles. The van der Waals surface area contributed by atoms with E-state index in [9.17, 15) is 0 Å². The molecule has 0 aliphatic rings. The summed E-state index contributed by atoms with van der Waals surface area (Å²) in [7, 11) is 0. The summed E-state index contributed by atoms with van der Waals surface area (Å²) in [5.74, 6) is 0.571. The summed E-state index contributed by atoms with van der Waals surface area (Å²) in [5, 5.41) is 3.30. The van der Waals surface area contributed by atoms with Gasteiger partial charge >= 0.3 is 0 Å². The molecule has 0 fully saturated rings. The number of halogens is 2. The van der Waals surface area contributed by atoms with Crippen LogP contribution in [0.2, 0.25) is 0 Å². The van der Waals surface area contributed by atoms with Gasteiger partial charge < -0.3 is 5.32 Å². The van der Waals surface area contributed by atoms with Gasteiger partial charge in [0.05, 0.1) is 0 Å². The fraction of sp³-hybridized carbons (Fsp3) is 0.333. The first-order valence-corrected chi connectivity index (χ1v) is 5.83. The third-order valence-electron chi connectivity index (χ3n) is 2.10. The molecule has 0 amide bonds. The second kappa shape index (κ2) is 6.89. The molecule has 82 valence electrons. The van der Waals surface area contributed by atoms with E-state index in [0.717, 1.165) is 24.2 Å². The molecule has 0 aliphatic carbocycles. The lowest BCUT2D eigenvalue weighted by Crippen LogP contribution is -2.15. The number of nitrogens with one attached hydrogen (secondary N) is 1. The van der Waals surface area contributed by atoms with E-state index >= 15 is 0 Å². The molecule has 0 unspecified atom stereocenters. The van der Waals surface area contributed by atoms with Crippen molar-refractivity contribution in [2.45, 2.75) is 19.3 Å². The second-order valence-corrected chi connectivity index (χ2v) is 3.99. The summed E-state index contributed by atoms with van der Waals surface area (Å²) >= 11 is 11.3. The first-order chi connectivity index (χ1) is 7.26. The second-order valence-electron chi connectivity index (χ2n) is 3.51. The predicted molar refractivity (Wildman–Crippen MR) is 67.3 cm³/mol. The van der Waals surface area contributed by atoms with E-state index in [-0.39, 0.29) is 0 Å². The minimum absolute atomic E-state index is 0.571. The Labute approximate surface area is 101 Å². The van der Waals surface area contributed by atoms with E-state index in [1.807, 2.05) is 19.1 Å². The van der Waals surface area contributed by atoms with E-state index in [1.165, 1.54) is 5.56 Å². The Morgan fingerprint density at radius 3 is 2.40 bits per heavy atom. The van der Waals surface area contributed by atoms with Gasteiger partial charge in [0.25, 0.3) is 0 Å². The Morgan fingerprint density at radius 2 is 1.87 bits per heavy atom. The zero-order valence-electron chi connectivity index (χ0n) is 8.76. The fourth-order valence-electron chi connectivity index (χ4n) is 1.19. The topological polar surface area (TPSA) is 12.0 Å². The van der Waals surface area contributed by atoms with Crippen molar-refractivity contribution < 1.29 is 0 Å². The highest BCUT2D eigenvalue weighted by Crippen LogP contribution is 2.06. The van der Waals surface area contributed by atoms with Gasteiger partial charge in [-0.3, -0.25) is 0 Å². The van der Waals surface area contributed by atoms with Crippen LogP contribution in [-0.2, 0) is 12.4 Å². The van der Waals surface area contributed by atoms with Crippen molar-refractivity contribution in [3.05, 3.63) is 46.5 Å². The van der Waals surface area contributed by atoms with Gasteiger partial charge in [0.2, 0.25) is 0 Å². The van der Waals surface area contributed by atoms with Crippen LogP contribution < -0.4 is 5.32 Å². The number of alkyl halides is 1. The Bertz CT molecular complexity index is 317. The quantitative estimate of drug-likeness (QED) is 0.779. The number of hydrogen-bond donors (Lipinski definition) is 1. The normalized spacial score (nSPS) is 11.8. The SMILES string of the molecule is C/C(=C/Cl)CNCc1ccc(CCl)cc1. The van der Waals surface area contributed by atoms with Crippen molar-refractivity contribution in [1.29, 1.82) is 0 Å². The van der Waals surface area contributed by atoms with E-state index in [4.69, 9.17) is 23.2 Å². The third kappa shape index (κ3) is 4.70. The van der Waals surface area contributed by atoms with E-state index in [1.54, 1.807) is 5.54 Å². The molecular weight excluding hydrogens is 229 g/mol. The van der Waals surface area contributed by atoms with E-state index in [2.05, 4.69) is 17.4 Å².